The first-order chi connectivity index (χ1) is 9.08. The number of nitrogens with one attached hydrogen (secondary N) is 1. The number of aliphatic hydroxyl groups excluding tert-OH is 1. The average molecular weight is 270 g/mol. The lowest BCUT2D eigenvalue weighted by atomic mass is 9.88. The van der Waals surface area contributed by atoms with E-state index in [2.05, 4.69) is 5.32 Å². The molecule has 5 heteroatoms. The predicted molar refractivity (Wildman–Crippen MR) is 73.0 cm³/mol. The summed E-state index contributed by atoms with van der Waals surface area (Å²) in [6.45, 7) is 4.58. The fourth-order valence-corrected chi connectivity index (χ4v) is 2.97. The molecule has 2 aliphatic rings. The molecular weight excluding hydrogens is 244 g/mol. The van der Waals surface area contributed by atoms with Crippen LogP contribution in [0.5, 0.6) is 0 Å². The van der Waals surface area contributed by atoms with Crippen LogP contribution in [0.1, 0.15) is 32.6 Å². The Balaban J connectivity index is 1.87. The molecule has 3 N–H and O–H groups in total. The van der Waals surface area contributed by atoms with Crippen LogP contribution >= 0.6 is 0 Å². The lowest BCUT2D eigenvalue weighted by molar-refractivity contribution is -0.139. The number of carboxylic acids is 1. The zero-order valence-corrected chi connectivity index (χ0v) is 11.7. The van der Waals surface area contributed by atoms with Crippen molar-refractivity contribution < 1.29 is 15.0 Å². The number of hydrogen-bond donors (Lipinski definition) is 3. The third-order valence-electron chi connectivity index (χ3n) is 4.27. The summed E-state index contributed by atoms with van der Waals surface area (Å²) in [4.78, 5) is 12.8. The Hall–Kier alpha value is -0.650. The molecule has 0 aromatic carbocycles. The molecule has 0 aromatic heterocycles. The van der Waals surface area contributed by atoms with Crippen molar-refractivity contribution in [2.45, 2.75) is 44.8 Å². The van der Waals surface area contributed by atoms with E-state index < -0.39 is 5.97 Å². The van der Waals surface area contributed by atoms with Gasteiger partial charge in [-0.1, -0.05) is 6.92 Å². The Labute approximate surface area is 115 Å². The molecule has 1 saturated carbocycles. The van der Waals surface area contributed by atoms with Gasteiger partial charge in [0, 0.05) is 19.1 Å². The molecule has 3 unspecified atom stereocenters. The molecule has 1 aliphatic heterocycles. The third-order valence-corrected chi connectivity index (χ3v) is 4.27. The second-order valence-electron chi connectivity index (χ2n) is 6.11. The minimum absolute atomic E-state index is 0.0779. The number of nitrogens with zero attached hydrogens (tertiary/aromatic N) is 1. The highest BCUT2D eigenvalue weighted by molar-refractivity contribution is 5.69. The van der Waals surface area contributed by atoms with Crippen LogP contribution in [0.15, 0.2) is 0 Å². The van der Waals surface area contributed by atoms with E-state index in [9.17, 15) is 9.90 Å². The maximum atomic E-state index is 10.9. The molecule has 2 fully saturated rings. The van der Waals surface area contributed by atoms with Crippen LogP contribution in [0, 0.1) is 11.8 Å². The van der Waals surface area contributed by atoms with Gasteiger partial charge in [-0.05, 0) is 44.1 Å². The highest BCUT2D eigenvalue weighted by atomic mass is 16.4. The SMILES string of the molecule is CCC(O)C1CC(NCC2CC2)CN(CC(=O)O)C1. The molecule has 1 saturated heterocycles. The molecule has 19 heavy (non-hydrogen) atoms. The van der Waals surface area contributed by atoms with Crippen LogP contribution in [-0.2, 0) is 4.79 Å². The van der Waals surface area contributed by atoms with E-state index in [0.717, 1.165) is 31.8 Å². The largest absolute Gasteiger partial charge is 0.480 e. The smallest absolute Gasteiger partial charge is 0.317 e. The van der Waals surface area contributed by atoms with Gasteiger partial charge in [0.1, 0.15) is 0 Å². The molecule has 0 bridgehead atoms. The minimum atomic E-state index is -0.785. The van der Waals surface area contributed by atoms with E-state index in [0.29, 0.717) is 12.6 Å². The highest BCUT2D eigenvalue weighted by Gasteiger charge is 2.32. The lowest BCUT2D eigenvalue weighted by Gasteiger charge is -2.39. The average Bonchev–Trinajstić information content (AvgIpc) is 3.18. The zero-order valence-electron chi connectivity index (χ0n) is 11.7. The van der Waals surface area contributed by atoms with E-state index in [1.54, 1.807) is 0 Å². The normalized spacial score (nSPS) is 30.2. The van der Waals surface area contributed by atoms with Gasteiger partial charge in [0.15, 0.2) is 0 Å². The quantitative estimate of drug-likeness (QED) is 0.629. The molecule has 0 spiro atoms. The van der Waals surface area contributed by atoms with Crippen LogP contribution in [0.2, 0.25) is 0 Å². The number of rotatable bonds is 7. The predicted octanol–water partition coefficient (Wildman–Crippen LogP) is 0.532. The first-order valence-electron chi connectivity index (χ1n) is 7.44. The van der Waals surface area contributed by atoms with E-state index in [4.69, 9.17) is 5.11 Å². The van der Waals surface area contributed by atoms with Crippen molar-refractivity contribution in [1.82, 2.24) is 10.2 Å². The van der Waals surface area contributed by atoms with Gasteiger partial charge in [-0.25, -0.2) is 0 Å². The summed E-state index contributed by atoms with van der Waals surface area (Å²) in [6.07, 6.45) is 4.01. The van der Waals surface area contributed by atoms with E-state index in [1.807, 2.05) is 11.8 Å². The summed E-state index contributed by atoms with van der Waals surface area (Å²) >= 11 is 0. The van der Waals surface area contributed by atoms with Crippen molar-refractivity contribution in [2.75, 3.05) is 26.2 Å². The monoisotopic (exact) mass is 270 g/mol. The molecule has 1 aliphatic carbocycles. The summed E-state index contributed by atoms with van der Waals surface area (Å²) in [5, 5.41) is 22.5. The molecule has 2 rings (SSSR count). The van der Waals surface area contributed by atoms with Gasteiger partial charge in [0.25, 0.3) is 0 Å². The molecule has 3 atom stereocenters. The standard InChI is InChI=1S/C14H26N2O3/c1-2-13(17)11-5-12(15-6-10-3-4-10)8-16(7-11)9-14(18)19/h10-13,15,17H,2-9H2,1H3,(H,18,19). The van der Waals surface area contributed by atoms with E-state index in [1.165, 1.54) is 12.8 Å². The number of likely N-dealkylation sites (tertiary alicyclic amines) is 1. The van der Waals surface area contributed by atoms with Crippen molar-refractivity contribution in [2.24, 2.45) is 11.8 Å². The highest BCUT2D eigenvalue weighted by Crippen LogP contribution is 2.28. The fourth-order valence-electron chi connectivity index (χ4n) is 2.97. The summed E-state index contributed by atoms with van der Waals surface area (Å²) in [5.74, 6) is 0.229. The summed E-state index contributed by atoms with van der Waals surface area (Å²) in [6, 6.07) is 0.319. The van der Waals surface area contributed by atoms with Gasteiger partial charge in [-0.3, -0.25) is 9.69 Å². The Morgan fingerprint density at radius 1 is 1.42 bits per heavy atom. The number of piperidine rings is 1. The Morgan fingerprint density at radius 3 is 2.74 bits per heavy atom. The van der Waals surface area contributed by atoms with Crippen LogP contribution in [0.3, 0.4) is 0 Å². The molecule has 0 amide bonds. The first kappa shape index (κ1) is 14.8. The van der Waals surface area contributed by atoms with Crippen LogP contribution < -0.4 is 5.32 Å². The second-order valence-corrected chi connectivity index (χ2v) is 6.11. The van der Waals surface area contributed by atoms with Crippen molar-refractivity contribution in [3.8, 4) is 0 Å². The summed E-state index contributed by atoms with van der Waals surface area (Å²) < 4.78 is 0. The van der Waals surface area contributed by atoms with E-state index >= 15 is 0 Å². The molecule has 0 radical (unpaired) electrons. The van der Waals surface area contributed by atoms with Gasteiger partial charge in [-0.2, -0.15) is 0 Å². The maximum Gasteiger partial charge on any atom is 0.317 e. The lowest BCUT2D eigenvalue weighted by Crippen LogP contribution is -2.53. The van der Waals surface area contributed by atoms with Crippen molar-refractivity contribution in [1.29, 1.82) is 0 Å². The van der Waals surface area contributed by atoms with Crippen LogP contribution in [0.25, 0.3) is 0 Å². The molecule has 110 valence electrons. The molecule has 1 heterocycles. The Bertz CT molecular complexity index is 307. The number of carboxylic acid groups (broad SMARTS) is 1. The van der Waals surface area contributed by atoms with Gasteiger partial charge < -0.3 is 15.5 Å². The summed E-state index contributed by atoms with van der Waals surface area (Å²) in [5.41, 5.74) is 0. The topological polar surface area (TPSA) is 72.8 Å². The van der Waals surface area contributed by atoms with Crippen LogP contribution in [-0.4, -0.2) is 59.4 Å². The van der Waals surface area contributed by atoms with Crippen molar-refractivity contribution in [3.05, 3.63) is 0 Å². The maximum absolute atomic E-state index is 10.9. The number of aliphatic carboxylic acids is 1. The first-order valence-corrected chi connectivity index (χ1v) is 7.44. The Kier molecular flexibility index (Phi) is 5.19. The van der Waals surface area contributed by atoms with Gasteiger partial charge in [0.05, 0.1) is 12.6 Å². The van der Waals surface area contributed by atoms with Crippen molar-refractivity contribution >= 4 is 5.97 Å². The van der Waals surface area contributed by atoms with Gasteiger partial charge in [-0.15, -0.1) is 0 Å². The van der Waals surface area contributed by atoms with Gasteiger partial charge in [0.2, 0.25) is 0 Å². The molecule has 5 nitrogen and oxygen atoms in total. The number of aliphatic hydroxyl groups is 1. The van der Waals surface area contributed by atoms with E-state index in [-0.39, 0.29) is 18.6 Å². The van der Waals surface area contributed by atoms with Crippen molar-refractivity contribution in [3.63, 3.8) is 0 Å². The molecule has 0 aromatic rings. The minimum Gasteiger partial charge on any atom is -0.480 e. The zero-order chi connectivity index (χ0) is 13.8. The number of carbonyl (C=O) groups is 1. The third kappa shape index (κ3) is 4.75. The molecular formula is C14H26N2O3. The van der Waals surface area contributed by atoms with Crippen LogP contribution in [0.4, 0.5) is 0 Å². The Morgan fingerprint density at radius 2 is 2.16 bits per heavy atom. The second kappa shape index (κ2) is 6.68. The number of hydrogen-bond acceptors (Lipinski definition) is 4. The summed E-state index contributed by atoms with van der Waals surface area (Å²) in [7, 11) is 0. The fraction of sp³-hybridized carbons (Fsp3) is 0.929. The van der Waals surface area contributed by atoms with Gasteiger partial charge >= 0.3 is 5.97 Å².